The summed E-state index contributed by atoms with van der Waals surface area (Å²) in [5, 5.41) is 3.51. The number of fused-ring (bicyclic) bond motifs is 2. The smallest absolute Gasteiger partial charge is 0.261 e. The van der Waals surface area contributed by atoms with Gasteiger partial charge < -0.3 is 14.6 Å². The molecule has 0 fully saturated rings. The van der Waals surface area contributed by atoms with Gasteiger partial charge in [0.25, 0.3) is 11.8 Å². The van der Waals surface area contributed by atoms with Crippen LogP contribution < -0.4 is 10.2 Å². The summed E-state index contributed by atoms with van der Waals surface area (Å²) in [5.74, 6) is 1.23. The first-order valence-corrected chi connectivity index (χ1v) is 9.80. The van der Waals surface area contributed by atoms with Crippen molar-refractivity contribution in [3.05, 3.63) is 71.3 Å². The predicted molar refractivity (Wildman–Crippen MR) is 107 cm³/mol. The highest BCUT2D eigenvalue weighted by atomic mass is 32.2. The van der Waals surface area contributed by atoms with Crippen molar-refractivity contribution in [1.82, 2.24) is 10.3 Å². The van der Waals surface area contributed by atoms with E-state index in [4.69, 9.17) is 4.42 Å². The zero-order valence-electron chi connectivity index (χ0n) is 15.6. The van der Waals surface area contributed by atoms with E-state index in [9.17, 15) is 9.59 Å². The quantitative estimate of drug-likeness (QED) is 0.724. The number of pyridine rings is 1. The van der Waals surface area contributed by atoms with Crippen molar-refractivity contribution < 1.29 is 14.0 Å². The fraction of sp³-hybridized carbons (Fsp3) is 0.190. The fourth-order valence-corrected chi connectivity index (χ4v) is 4.17. The van der Waals surface area contributed by atoms with E-state index >= 15 is 0 Å². The van der Waals surface area contributed by atoms with Gasteiger partial charge in [0.05, 0.1) is 17.8 Å². The van der Waals surface area contributed by atoms with E-state index in [-0.39, 0.29) is 11.8 Å². The summed E-state index contributed by atoms with van der Waals surface area (Å²) in [7, 11) is 0. The number of amides is 2. The molecule has 0 unspecified atom stereocenters. The average molecular weight is 393 g/mol. The Hall–Kier alpha value is -3.06. The molecule has 7 heteroatoms. The second kappa shape index (κ2) is 7.52. The van der Waals surface area contributed by atoms with E-state index in [1.54, 1.807) is 29.3 Å². The number of anilines is 1. The van der Waals surface area contributed by atoms with Crippen molar-refractivity contribution in [3.8, 4) is 0 Å². The Morgan fingerprint density at radius 2 is 2.11 bits per heavy atom. The highest BCUT2D eigenvalue weighted by Crippen LogP contribution is 2.40. The highest BCUT2D eigenvalue weighted by Gasteiger charge is 2.27. The van der Waals surface area contributed by atoms with Crippen LogP contribution >= 0.6 is 11.8 Å². The SMILES string of the molecule is CCN1C(=O)c2cccnc2Sc2cc(C(=O)NCc3ccc(C)o3)ccc21. The molecular formula is C21H19N3O3S. The zero-order chi connectivity index (χ0) is 19.7. The molecule has 0 spiro atoms. The molecule has 2 aromatic heterocycles. The van der Waals surface area contributed by atoms with Crippen LogP contribution in [-0.4, -0.2) is 23.3 Å². The maximum Gasteiger partial charge on any atom is 0.261 e. The first-order chi connectivity index (χ1) is 13.6. The van der Waals surface area contributed by atoms with Gasteiger partial charge in [-0.2, -0.15) is 0 Å². The molecule has 1 aromatic carbocycles. The summed E-state index contributed by atoms with van der Waals surface area (Å²) in [6.45, 7) is 4.65. The summed E-state index contributed by atoms with van der Waals surface area (Å²) >= 11 is 1.40. The van der Waals surface area contributed by atoms with Gasteiger partial charge in [-0.3, -0.25) is 9.59 Å². The lowest BCUT2D eigenvalue weighted by molar-refractivity contribution is 0.0946. The topological polar surface area (TPSA) is 75.4 Å². The van der Waals surface area contributed by atoms with Crippen molar-refractivity contribution in [2.24, 2.45) is 0 Å². The van der Waals surface area contributed by atoms with Crippen molar-refractivity contribution in [2.45, 2.75) is 30.3 Å². The lowest BCUT2D eigenvalue weighted by atomic mass is 10.1. The third kappa shape index (κ3) is 3.41. The lowest BCUT2D eigenvalue weighted by Crippen LogP contribution is -2.30. The monoisotopic (exact) mass is 393 g/mol. The van der Waals surface area contributed by atoms with Gasteiger partial charge in [-0.1, -0.05) is 11.8 Å². The summed E-state index contributed by atoms with van der Waals surface area (Å²) in [6, 6.07) is 12.6. The first-order valence-electron chi connectivity index (χ1n) is 8.99. The van der Waals surface area contributed by atoms with E-state index in [0.29, 0.717) is 35.0 Å². The Kier molecular flexibility index (Phi) is 4.92. The van der Waals surface area contributed by atoms with Gasteiger partial charge >= 0.3 is 0 Å². The Morgan fingerprint density at radius 3 is 2.86 bits per heavy atom. The molecule has 0 radical (unpaired) electrons. The van der Waals surface area contributed by atoms with Gasteiger partial charge in [0.2, 0.25) is 0 Å². The molecule has 0 bridgehead atoms. The number of rotatable bonds is 4. The molecule has 0 atom stereocenters. The zero-order valence-corrected chi connectivity index (χ0v) is 16.4. The molecule has 28 heavy (non-hydrogen) atoms. The fourth-order valence-electron chi connectivity index (χ4n) is 3.12. The van der Waals surface area contributed by atoms with Crippen molar-refractivity contribution in [1.29, 1.82) is 0 Å². The second-order valence-corrected chi connectivity index (χ2v) is 7.42. The van der Waals surface area contributed by atoms with E-state index in [1.807, 2.05) is 38.1 Å². The van der Waals surface area contributed by atoms with Crippen LogP contribution in [0, 0.1) is 6.92 Å². The van der Waals surface area contributed by atoms with Crippen molar-refractivity contribution in [3.63, 3.8) is 0 Å². The third-order valence-corrected chi connectivity index (χ3v) is 5.57. The Bertz CT molecular complexity index is 1060. The summed E-state index contributed by atoms with van der Waals surface area (Å²) in [5.41, 5.74) is 1.89. The van der Waals surface area contributed by atoms with Crippen molar-refractivity contribution >= 4 is 29.3 Å². The normalized spacial score (nSPS) is 12.9. The van der Waals surface area contributed by atoms with Crippen LogP contribution in [0.3, 0.4) is 0 Å². The number of furan rings is 1. The molecule has 4 rings (SSSR count). The molecule has 2 amide bonds. The summed E-state index contributed by atoms with van der Waals surface area (Å²) < 4.78 is 5.49. The molecule has 142 valence electrons. The number of nitrogens with one attached hydrogen (secondary N) is 1. The molecule has 3 aromatic rings. The van der Waals surface area contributed by atoms with Gasteiger partial charge in [0, 0.05) is 23.2 Å². The molecular weight excluding hydrogens is 374 g/mol. The minimum absolute atomic E-state index is 0.0813. The number of hydrogen-bond acceptors (Lipinski definition) is 5. The van der Waals surface area contributed by atoms with Crippen molar-refractivity contribution in [2.75, 3.05) is 11.4 Å². The van der Waals surface area contributed by atoms with E-state index < -0.39 is 0 Å². The molecule has 0 aliphatic carbocycles. The largest absolute Gasteiger partial charge is 0.465 e. The molecule has 6 nitrogen and oxygen atoms in total. The standard InChI is InChI=1S/C21H19N3O3S/c1-3-24-17-9-7-14(19(25)23-12-15-8-6-13(2)27-15)11-18(17)28-20-16(21(24)26)5-4-10-22-20/h4-11H,3,12H2,1-2H3,(H,23,25). The number of nitrogens with zero attached hydrogens (tertiary/aromatic N) is 2. The summed E-state index contributed by atoms with van der Waals surface area (Å²) in [6.07, 6.45) is 1.67. The molecule has 3 heterocycles. The third-order valence-electron chi connectivity index (χ3n) is 4.50. The highest BCUT2D eigenvalue weighted by molar-refractivity contribution is 7.99. The number of carbonyl (C=O) groups is 2. The number of hydrogen-bond donors (Lipinski definition) is 1. The maximum atomic E-state index is 12.9. The van der Waals surface area contributed by atoms with Gasteiger partial charge in [-0.05, 0) is 56.3 Å². The number of aromatic nitrogens is 1. The Morgan fingerprint density at radius 1 is 1.25 bits per heavy atom. The van der Waals surface area contributed by atoms with E-state index in [0.717, 1.165) is 16.3 Å². The second-order valence-electron chi connectivity index (χ2n) is 6.39. The van der Waals surface area contributed by atoms with Gasteiger partial charge in [0.15, 0.2) is 0 Å². The molecule has 0 saturated heterocycles. The van der Waals surface area contributed by atoms with Crippen LogP contribution in [0.4, 0.5) is 5.69 Å². The van der Waals surface area contributed by atoms with Crippen LogP contribution in [0.5, 0.6) is 0 Å². The van der Waals surface area contributed by atoms with Crippen LogP contribution in [0.1, 0.15) is 39.2 Å². The maximum absolute atomic E-state index is 12.9. The van der Waals surface area contributed by atoms with Crippen LogP contribution in [0.15, 0.2) is 63.0 Å². The predicted octanol–water partition coefficient (Wildman–Crippen LogP) is 4.04. The van der Waals surface area contributed by atoms with E-state index in [1.165, 1.54) is 11.8 Å². The Labute approximate surface area is 166 Å². The lowest BCUT2D eigenvalue weighted by Gasteiger charge is -2.21. The molecule has 0 saturated carbocycles. The van der Waals surface area contributed by atoms with Crippen LogP contribution in [0.25, 0.3) is 0 Å². The molecule has 1 aliphatic heterocycles. The Balaban J connectivity index is 1.63. The van der Waals surface area contributed by atoms with E-state index in [2.05, 4.69) is 10.3 Å². The van der Waals surface area contributed by atoms with Crippen LogP contribution in [-0.2, 0) is 6.54 Å². The minimum Gasteiger partial charge on any atom is -0.465 e. The minimum atomic E-state index is -0.197. The first kappa shape index (κ1) is 18.3. The molecule has 1 N–H and O–H groups in total. The number of aryl methyl sites for hydroxylation is 1. The van der Waals surface area contributed by atoms with Crippen LogP contribution in [0.2, 0.25) is 0 Å². The average Bonchev–Trinajstić information content (AvgIpc) is 3.08. The van der Waals surface area contributed by atoms with Gasteiger partial charge in [-0.15, -0.1) is 0 Å². The molecule has 1 aliphatic rings. The number of carbonyl (C=O) groups excluding carboxylic acids is 2. The van der Waals surface area contributed by atoms with Gasteiger partial charge in [0.1, 0.15) is 16.5 Å². The summed E-state index contributed by atoms with van der Waals surface area (Å²) in [4.78, 5) is 32.4. The van der Waals surface area contributed by atoms with Gasteiger partial charge in [-0.25, -0.2) is 4.98 Å². The number of benzene rings is 1.